The summed E-state index contributed by atoms with van der Waals surface area (Å²) in [5.41, 5.74) is 3.21. The van der Waals surface area contributed by atoms with Gasteiger partial charge >= 0.3 is 0 Å². The fourth-order valence-corrected chi connectivity index (χ4v) is 4.68. The number of benzene rings is 1. The van der Waals surface area contributed by atoms with Gasteiger partial charge in [-0.25, -0.2) is 9.37 Å². The Labute approximate surface area is 180 Å². The van der Waals surface area contributed by atoms with Crippen molar-refractivity contribution in [3.05, 3.63) is 71.4 Å². The van der Waals surface area contributed by atoms with E-state index < -0.39 is 11.7 Å². The zero-order valence-electron chi connectivity index (χ0n) is 17.6. The first-order valence-electron chi connectivity index (χ1n) is 10.8. The van der Waals surface area contributed by atoms with Crippen molar-refractivity contribution in [3.63, 3.8) is 0 Å². The average Bonchev–Trinajstić information content (AvgIpc) is 3.40. The maximum atomic E-state index is 14.8. The molecule has 2 aliphatic rings. The summed E-state index contributed by atoms with van der Waals surface area (Å²) < 4.78 is 28.3. The van der Waals surface area contributed by atoms with E-state index in [2.05, 4.69) is 4.98 Å². The Hall–Kier alpha value is -2.77. The van der Waals surface area contributed by atoms with Gasteiger partial charge in [0.25, 0.3) is 0 Å². The van der Waals surface area contributed by atoms with Crippen LogP contribution in [-0.2, 0) is 14.3 Å². The lowest BCUT2D eigenvalue weighted by Gasteiger charge is -2.38. The van der Waals surface area contributed by atoms with Crippen LogP contribution in [0, 0.1) is 12.7 Å². The van der Waals surface area contributed by atoms with E-state index in [1.54, 1.807) is 18.3 Å². The van der Waals surface area contributed by atoms with Crippen LogP contribution < -0.4 is 0 Å². The molecule has 0 saturated carbocycles. The van der Waals surface area contributed by atoms with Gasteiger partial charge in [0.1, 0.15) is 11.5 Å². The SMILES string of the molecule is Cc1ccn2c(C(CC(=O)N3CCC4(CC3)OCCO4)c3ccccc3F)cnc2c1. The van der Waals surface area contributed by atoms with Gasteiger partial charge in [-0.1, -0.05) is 18.2 Å². The van der Waals surface area contributed by atoms with Gasteiger partial charge in [-0.15, -0.1) is 0 Å². The summed E-state index contributed by atoms with van der Waals surface area (Å²) >= 11 is 0. The van der Waals surface area contributed by atoms with Gasteiger partial charge in [0.15, 0.2) is 5.79 Å². The minimum absolute atomic E-state index is 0.00293. The number of aryl methyl sites for hydroxylation is 1. The molecule has 2 fully saturated rings. The zero-order chi connectivity index (χ0) is 21.4. The maximum absolute atomic E-state index is 14.8. The molecule has 162 valence electrons. The van der Waals surface area contributed by atoms with Crippen molar-refractivity contribution in [1.29, 1.82) is 0 Å². The van der Waals surface area contributed by atoms with Gasteiger partial charge in [0.05, 0.1) is 18.9 Å². The summed E-state index contributed by atoms with van der Waals surface area (Å²) in [5.74, 6) is -1.27. The van der Waals surface area contributed by atoms with E-state index in [-0.39, 0.29) is 18.1 Å². The Morgan fingerprint density at radius 2 is 1.94 bits per heavy atom. The van der Waals surface area contributed by atoms with E-state index in [1.807, 2.05) is 40.6 Å². The molecule has 1 unspecified atom stereocenters. The summed E-state index contributed by atoms with van der Waals surface area (Å²) in [5, 5.41) is 0. The molecule has 4 heterocycles. The minimum Gasteiger partial charge on any atom is -0.347 e. The van der Waals surface area contributed by atoms with Gasteiger partial charge in [-0.05, 0) is 36.2 Å². The lowest BCUT2D eigenvalue weighted by Crippen LogP contribution is -2.47. The van der Waals surface area contributed by atoms with Crippen molar-refractivity contribution in [2.24, 2.45) is 0 Å². The lowest BCUT2D eigenvalue weighted by atomic mass is 9.91. The number of hydrogen-bond acceptors (Lipinski definition) is 4. The number of rotatable bonds is 4. The Bertz CT molecular complexity index is 1100. The van der Waals surface area contributed by atoms with Crippen molar-refractivity contribution in [3.8, 4) is 0 Å². The summed E-state index contributed by atoms with van der Waals surface area (Å²) in [6.07, 6.45) is 5.20. The van der Waals surface area contributed by atoms with Crippen molar-refractivity contribution < 1.29 is 18.7 Å². The van der Waals surface area contributed by atoms with Gasteiger partial charge in [-0.3, -0.25) is 4.79 Å². The topological polar surface area (TPSA) is 56.1 Å². The smallest absolute Gasteiger partial charge is 0.223 e. The number of imidazole rings is 1. The van der Waals surface area contributed by atoms with E-state index in [4.69, 9.17) is 9.47 Å². The Morgan fingerprint density at radius 1 is 1.19 bits per heavy atom. The van der Waals surface area contributed by atoms with Crippen LogP contribution in [0.15, 0.2) is 48.8 Å². The monoisotopic (exact) mass is 423 g/mol. The molecule has 2 aliphatic heterocycles. The van der Waals surface area contributed by atoms with Crippen LogP contribution in [0.5, 0.6) is 0 Å². The van der Waals surface area contributed by atoms with Crippen LogP contribution in [0.3, 0.4) is 0 Å². The second kappa shape index (κ2) is 8.05. The number of halogens is 1. The van der Waals surface area contributed by atoms with Crippen LogP contribution in [0.25, 0.3) is 5.65 Å². The Balaban J connectivity index is 1.42. The highest BCUT2D eigenvalue weighted by Crippen LogP contribution is 2.34. The third-order valence-corrected chi connectivity index (χ3v) is 6.41. The highest BCUT2D eigenvalue weighted by molar-refractivity contribution is 5.78. The van der Waals surface area contributed by atoms with Gasteiger partial charge in [0.2, 0.25) is 5.91 Å². The molecule has 0 N–H and O–H groups in total. The van der Waals surface area contributed by atoms with Crippen molar-refractivity contribution >= 4 is 11.6 Å². The van der Waals surface area contributed by atoms with Crippen LogP contribution in [0.4, 0.5) is 4.39 Å². The molecule has 5 rings (SSSR count). The second-order valence-electron chi connectivity index (χ2n) is 8.38. The fraction of sp³-hybridized carbons (Fsp3) is 0.417. The van der Waals surface area contributed by atoms with E-state index in [0.29, 0.717) is 44.7 Å². The Kier molecular flexibility index (Phi) is 5.24. The number of piperidine rings is 1. The number of pyridine rings is 1. The van der Waals surface area contributed by atoms with E-state index in [1.165, 1.54) is 6.07 Å². The van der Waals surface area contributed by atoms with Crippen LogP contribution >= 0.6 is 0 Å². The van der Waals surface area contributed by atoms with Gasteiger partial charge in [-0.2, -0.15) is 0 Å². The van der Waals surface area contributed by atoms with E-state index in [0.717, 1.165) is 16.9 Å². The predicted molar refractivity (Wildman–Crippen MR) is 113 cm³/mol. The average molecular weight is 423 g/mol. The molecule has 0 radical (unpaired) electrons. The van der Waals surface area contributed by atoms with Gasteiger partial charge < -0.3 is 18.8 Å². The summed E-state index contributed by atoms with van der Waals surface area (Å²) in [6, 6.07) is 10.6. The number of hydrogen-bond donors (Lipinski definition) is 0. The number of likely N-dealkylation sites (tertiary alicyclic amines) is 1. The molecule has 0 bridgehead atoms. The quantitative estimate of drug-likeness (QED) is 0.643. The summed E-state index contributed by atoms with van der Waals surface area (Å²) in [6.45, 7) is 4.38. The molecular formula is C24H26FN3O3. The molecule has 1 spiro atoms. The second-order valence-corrected chi connectivity index (χ2v) is 8.38. The first-order valence-corrected chi connectivity index (χ1v) is 10.8. The Morgan fingerprint density at radius 3 is 2.68 bits per heavy atom. The molecule has 3 aromatic rings. The highest BCUT2D eigenvalue weighted by Gasteiger charge is 2.41. The normalized spacial score (nSPS) is 19.2. The molecule has 2 aromatic heterocycles. The fourth-order valence-electron chi connectivity index (χ4n) is 4.68. The first kappa shape index (κ1) is 20.2. The third-order valence-electron chi connectivity index (χ3n) is 6.41. The van der Waals surface area contributed by atoms with E-state index >= 15 is 0 Å². The summed E-state index contributed by atoms with van der Waals surface area (Å²) in [7, 11) is 0. The highest BCUT2D eigenvalue weighted by atomic mass is 19.1. The van der Waals surface area contributed by atoms with Crippen molar-refractivity contribution in [2.45, 2.75) is 37.9 Å². The van der Waals surface area contributed by atoms with Crippen LogP contribution in [0.1, 0.15) is 42.0 Å². The van der Waals surface area contributed by atoms with Gasteiger partial charge in [0, 0.05) is 50.7 Å². The first-order chi connectivity index (χ1) is 15.0. The van der Waals surface area contributed by atoms with Crippen molar-refractivity contribution in [1.82, 2.24) is 14.3 Å². The largest absolute Gasteiger partial charge is 0.347 e. The minimum atomic E-state index is -0.527. The predicted octanol–water partition coefficient (Wildman–Crippen LogP) is 3.67. The zero-order valence-corrected chi connectivity index (χ0v) is 17.6. The molecule has 1 amide bonds. The third kappa shape index (κ3) is 3.83. The number of nitrogens with zero attached hydrogens (tertiary/aromatic N) is 3. The van der Waals surface area contributed by atoms with Crippen molar-refractivity contribution in [2.75, 3.05) is 26.3 Å². The number of carbonyl (C=O) groups excluding carboxylic acids is 1. The maximum Gasteiger partial charge on any atom is 0.223 e. The number of amides is 1. The number of carbonyl (C=O) groups is 1. The lowest BCUT2D eigenvalue weighted by molar-refractivity contribution is -0.187. The standard InChI is InChI=1S/C24H26FN3O3/c1-17-6-9-28-21(16-26-22(28)14-17)19(18-4-2-3-5-20(18)25)15-23(29)27-10-7-24(8-11-27)30-12-13-31-24/h2-6,9,14,16,19H,7-8,10-13,15H2,1H3. The molecule has 6 nitrogen and oxygen atoms in total. The number of ether oxygens (including phenoxy) is 2. The van der Waals surface area contributed by atoms with Crippen LogP contribution in [0.2, 0.25) is 0 Å². The number of aromatic nitrogens is 2. The summed E-state index contributed by atoms with van der Waals surface area (Å²) in [4.78, 5) is 19.6. The number of fused-ring (bicyclic) bond motifs is 1. The van der Waals surface area contributed by atoms with Crippen LogP contribution in [-0.4, -0.2) is 52.3 Å². The van der Waals surface area contributed by atoms with E-state index in [9.17, 15) is 9.18 Å². The molecule has 7 heteroatoms. The molecule has 2 saturated heterocycles. The molecule has 31 heavy (non-hydrogen) atoms. The molecule has 1 aromatic carbocycles. The molecular weight excluding hydrogens is 397 g/mol. The molecule has 0 aliphatic carbocycles. The molecule has 1 atom stereocenters.